The van der Waals surface area contributed by atoms with E-state index in [4.69, 9.17) is 0 Å². The summed E-state index contributed by atoms with van der Waals surface area (Å²) in [6.07, 6.45) is -0.906. The molecule has 1 fully saturated rings. The van der Waals surface area contributed by atoms with Gasteiger partial charge in [-0.05, 0) is 30.9 Å². The SMILES string of the molecule is Cc1ccc(C(O)CN2C(=O)NC(C)(c3cccs3)C2=O)cc1. The van der Waals surface area contributed by atoms with Crippen LogP contribution in [-0.4, -0.2) is 28.5 Å². The van der Waals surface area contributed by atoms with E-state index >= 15 is 0 Å². The normalized spacial score (nSPS) is 22.3. The fourth-order valence-electron chi connectivity index (χ4n) is 2.66. The summed E-state index contributed by atoms with van der Waals surface area (Å²) in [5, 5.41) is 14.9. The van der Waals surface area contributed by atoms with E-state index in [1.807, 2.05) is 36.6 Å². The molecule has 3 amide bonds. The third kappa shape index (κ3) is 2.75. The number of hydrogen-bond acceptors (Lipinski definition) is 4. The summed E-state index contributed by atoms with van der Waals surface area (Å²) >= 11 is 1.42. The van der Waals surface area contributed by atoms with Crippen LogP contribution in [0, 0.1) is 6.92 Å². The lowest BCUT2D eigenvalue weighted by Crippen LogP contribution is -2.40. The van der Waals surface area contributed by atoms with Crippen LogP contribution < -0.4 is 5.32 Å². The summed E-state index contributed by atoms with van der Waals surface area (Å²) in [5.74, 6) is -0.337. The standard InChI is InChI=1S/C17H18N2O3S/c1-11-5-7-12(8-6-11)13(20)10-19-15(21)17(2,18-16(19)22)14-4-3-9-23-14/h3-9,13,20H,10H2,1-2H3,(H,18,22). The molecule has 2 unspecified atom stereocenters. The molecule has 23 heavy (non-hydrogen) atoms. The summed E-state index contributed by atoms with van der Waals surface area (Å²) in [6, 6.07) is 10.6. The van der Waals surface area contributed by atoms with Crippen LogP contribution in [0.25, 0.3) is 0 Å². The number of nitrogens with one attached hydrogen (secondary N) is 1. The van der Waals surface area contributed by atoms with Crippen molar-refractivity contribution in [3.8, 4) is 0 Å². The van der Waals surface area contributed by atoms with Crippen LogP contribution in [0.5, 0.6) is 0 Å². The Morgan fingerprint density at radius 3 is 2.57 bits per heavy atom. The molecule has 0 spiro atoms. The van der Waals surface area contributed by atoms with Gasteiger partial charge in [0.15, 0.2) is 5.54 Å². The third-order valence-electron chi connectivity index (χ3n) is 4.11. The number of aliphatic hydroxyl groups is 1. The number of benzene rings is 1. The molecule has 0 bridgehead atoms. The highest BCUT2D eigenvalue weighted by molar-refractivity contribution is 7.10. The van der Waals surface area contributed by atoms with Gasteiger partial charge in [0.2, 0.25) is 0 Å². The molecule has 5 nitrogen and oxygen atoms in total. The van der Waals surface area contributed by atoms with Gasteiger partial charge in [0.1, 0.15) is 0 Å². The van der Waals surface area contributed by atoms with E-state index in [0.717, 1.165) is 15.3 Å². The minimum atomic E-state index is -1.06. The van der Waals surface area contributed by atoms with Crippen LogP contribution in [0.15, 0.2) is 41.8 Å². The van der Waals surface area contributed by atoms with E-state index in [1.54, 1.807) is 19.1 Å². The number of carbonyl (C=O) groups excluding carboxylic acids is 2. The summed E-state index contributed by atoms with van der Waals surface area (Å²) in [4.78, 5) is 26.8. The van der Waals surface area contributed by atoms with Gasteiger partial charge in [0, 0.05) is 4.88 Å². The molecule has 1 aromatic carbocycles. The second-order valence-electron chi connectivity index (χ2n) is 5.87. The van der Waals surface area contributed by atoms with E-state index in [-0.39, 0.29) is 12.5 Å². The van der Waals surface area contributed by atoms with Gasteiger partial charge in [0.05, 0.1) is 12.6 Å². The van der Waals surface area contributed by atoms with Gasteiger partial charge in [-0.3, -0.25) is 9.69 Å². The zero-order chi connectivity index (χ0) is 16.6. The third-order valence-corrected chi connectivity index (χ3v) is 5.20. The Morgan fingerprint density at radius 1 is 1.26 bits per heavy atom. The molecule has 1 aliphatic heterocycles. The zero-order valence-electron chi connectivity index (χ0n) is 12.9. The van der Waals surface area contributed by atoms with Crippen molar-refractivity contribution >= 4 is 23.3 Å². The summed E-state index contributed by atoms with van der Waals surface area (Å²) in [5.41, 5.74) is 0.709. The Kier molecular flexibility index (Phi) is 3.95. The number of imide groups is 1. The van der Waals surface area contributed by atoms with Crippen molar-refractivity contribution in [2.24, 2.45) is 0 Å². The molecule has 1 saturated heterocycles. The largest absolute Gasteiger partial charge is 0.387 e. The molecule has 1 aliphatic rings. The number of thiophene rings is 1. The van der Waals surface area contributed by atoms with E-state index in [0.29, 0.717) is 5.56 Å². The van der Waals surface area contributed by atoms with Gasteiger partial charge < -0.3 is 10.4 Å². The number of carbonyl (C=O) groups is 2. The molecule has 0 aliphatic carbocycles. The maximum atomic E-state index is 12.7. The number of hydrogen-bond donors (Lipinski definition) is 2. The Hall–Kier alpha value is -2.18. The molecule has 0 radical (unpaired) electrons. The first-order valence-electron chi connectivity index (χ1n) is 7.34. The first-order valence-corrected chi connectivity index (χ1v) is 8.22. The zero-order valence-corrected chi connectivity index (χ0v) is 13.8. The average molecular weight is 330 g/mol. The fourth-order valence-corrected chi connectivity index (χ4v) is 3.49. The van der Waals surface area contributed by atoms with E-state index in [1.165, 1.54) is 11.3 Å². The Labute approximate surface area is 138 Å². The van der Waals surface area contributed by atoms with E-state index in [2.05, 4.69) is 5.32 Å². The molecule has 2 aromatic rings. The van der Waals surface area contributed by atoms with Crippen LogP contribution in [-0.2, 0) is 10.3 Å². The Morgan fingerprint density at radius 2 is 1.96 bits per heavy atom. The first kappa shape index (κ1) is 15.7. The number of rotatable bonds is 4. The average Bonchev–Trinajstić information content (AvgIpc) is 3.12. The van der Waals surface area contributed by atoms with Crippen LogP contribution in [0.4, 0.5) is 4.79 Å². The lowest BCUT2D eigenvalue weighted by Gasteiger charge is -2.21. The molecular weight excluding hydrogens is 312 g/mol. The van der Waals surface area contributed by atoms with Gasteiger partial charge in [-0.1, -0.05) is 35.9 Å². The molecule has 3 rings (SSSR count). The summed E-state index contributed by atoms with van der Waals surface area (Å²) in [6.45, 7) is 3.59. The maximum Gasteiger partial charge on any atom is 0.325 e. The minimum absolute atomic E-state index is 0.0608. The van der Waals surface area contributed by atoms with Gasteiger partial charge in [-0.2, -0.15) is 0 Å². The van der Waals surface area contributed by atoms with Crippen LogP contribution in [0.2, 0.25) is 0 Å². The number of β-amino-alcohol motifs (C(OH)–C–C–N with tert-alkyl or cyclic N) is 1. The predicted octanol–water partition coefficient (Wildman–Crippen LogP) is 2.56. The number of nitrogens with zero attached hydrogens (tertiary/aromatic N) is 1. The maximum absolute atomic E-state index is 12.7. The van der Waals surface area contributed by atoms with Crippen molar-refractivity contribution in [1.82, 2.24) is 10.2 Å². The lowest BCUT2D eigenvalue weighted by molar-refractivity contribution is -0.132. The van der Waals surface area contributed by atoms with Crippen molar-refractivity contribution in [2.45, 2.75) is 25.5 Å². The number of aryl methyl sites for hydroxylation is 1. The molecular formula is C17H18N2O3S. The molecule has 2 N–H and O–H groups in total. The predicted molar refractivity (Wildman–Crippen MR) is 88.1 cm³/mol. The highest BCUT2D eigenvalue weighted by atomic mass is 32.1. The van der Waals surface area contributed by atoms with Crippen molar-refractivity contribution in [3.05, 3.63) is 57.8 Å². The Bertz CT molecular complexity index is 727. The van der Waals surface area contributed by atoms with Gasteiger partial charge in [-0.25, -0.2) is 4.79 Å². The molecule has 1 aromatic heterocycles. The minimum Gasteiger partial charge on any atom is -0.387 e. The van der Waals surface area contributed by atoms with Crippen LogP contribution in [0.3, 0.4) is 0 Å². The van der Waals surface area contributed by atoms with Crippen molar-refractivity contribution < 1.29 is 14.7 Å². The van der Waals surface area contributed by atoms with Crippen LogP contribution >= 0.6 is 11.3 Å². The number of urea groups is 1. The molecule has 2 atom stereocenters. The molecule has 6 heteroatoms. The van der Waals surface area contributed by atoms with Crippen molar-refractivity contribution in [1.29, 1.82) is 0 Å². The second-order valence-corrected chi connectivity index (χ2v) is 6.82. The van der Waals surface area contributed by atoms with Crippen LogP contribution in [0.1, 0.15) is 29.0 Å². The van der Waals surface area contributed by atoms with E-state index in [9.17, 15) is 14.7 Å². The lowest BCUT2D eigenvalue weighted by atomic mass is 10.00. The second kappa shape index (κ2) is 5.79. The van der Waals surface area contributed by atoms with E-state index < -0.39 is 17.7 Å². The molecule has 120 valence electrons. The van der Waals surface area contributed by atoms with Gasteiger partial charge in [0.25, 0.3) is 5.91 Å². The van der Waals surface area contributed by atoms with Crippen molar-refractivity contribution in [2.75, 3.05) is 6.54 Å². The van der Waals surface area contributed by atoms with Gasteiger partial charge >= 0.3 is 6.03 Å². The number of aliphatic hydroxyl groups excluding tert-OH is 1. The molecule has 0 saturated carbocycles. The first-order chi connectivity index (χ1) is 10.9. The quantitative estimate of drug-likeness (QED) is 0.847. The fraction of sp³-hybridized carbons (Fsp3) is 0.294. The highest BCUT2D eigenvalue weighted by Gasteiger charge is 2.50. The Balaban J connectivity index is 1.79. The van der Waals surface area contributed by atoms with Gasteiger partial charge in [-0.15, -0.1) is 11.3 Å². The monoisotopic (exact) mass is 330 g/mol. The van der Waals surface area contributed by atoms with Crippen molar-refractivity contribution in [3.63, 3.8) is 0 Å². The topological polar surface area (TPSA) is 69.6 Å². The highest BCUT2D eigenvalue weighted by Crippen LogP contribution is 2.32. The smallest absolute Gasteiger partial charge is 0.325 e. The number of amides is 3. The summed E-state index contributed by atoms with van der Waals surface area (Å²) < 4.78 is 0. The summed E-state index contributed by atoms with van der Waals surface area (Å²) in [7, 11) is 0. The molecule has 2 heterocycles.